The smallest absolute Gasteiger partial charge is 0.251 e. The number of aromatic nitrogens is 2. The lowest BCUT2D eigenvalue weighted by Crippen LogP contribution is -2.32. The summed E-state index contributed by atoms with van der Waals surface area (Å²) in [7, 11) is -4.00. The number of amides is 1. The fourth-order valence-corrected chi connectivity index (χ4v) is 4.75. The zero-order valence-electron chi connectivity index (χ0n) is 17.5. The molecule has 0 spiro atoms. The molecule has 0 unspecified atom stereocenters. The van der Waals surface area contributed by atoms with Gasteiger partial charge >= 0.3 is 0 Å². The summed E-state index contributed by atoms with van der Waals surface area (Å²) in [6.07, 6.45) is 4.15. The Morgan fingerprint density at radius 1 is 1.13 bits per heavy atom. The number of benzene rings is 2. The minimum Gasteiger partial charge on any atom is -0.352 e. The standard InChI is InChI=1S/C22H25FN4O3S/c1-3-26(4-2)31(29,30)21-16-18(8-11-20(21)23)22(28)24-14-12-17-6-9-19(10-7-17)27-15-5-13-25-27/h5-11,13,15-16H,3-4,12,14H2,1-2H3,(H,24,28). The van der Waals surface area contributed by atoms with Crippen LogP contribution < -0.4 is 5.32 Å². The molecule has 1 amide bonds. The van der Waals surface area contributed by atoms with Gasteiger partial charge in [-0.2, -0.15) is 9.40 Å². The summed E-state index contributed by atoms with van der Waals surface area (Å²) in [6, 6.07) is 13.0. The van der Waals surface area contributed by atoms with Crippen molar-refractivity contribution in [2.45, 2.75) is 25.2 Å². The van der Waals surface area contributed by atoms with Gasteiger partial charge < -0.3 is 5.32 Å². The number of carbonyl (C=O) groups excluding carboxylic acids is 1. The number of nitrogens with one attached hydrogen (secondary N) is 1. The molecule has 3 rings (SSSR count). The second kappa shape index (κ2) is 9.84. The number of rotatable bonds is 9. The minimum absolute atomic E-state index is 0.0983. The Balaban J connectivity index is 1.64. The summed E-state index contributed by atoms with van der Waals surface area (Å²) in [4.78, 5) is 12.0. The van der Waals surface area contributed by atoms with Gasteiger partial charge in [-0.05, 0) is 48.4 Å². The van der Waals surface area contributed by atoms with Gasteiger partial charge in [0.2, 0.25) is 10.0 Å². The molecule has 7 nitrogen and oxygen atoms in total. The number of nitrogens with zero attached hydrogens (tertiary/aromatic N) is 3. The van der Waals surface area contributed by atoms with Crippen molar-refractivity contribution >= 4 is 15.9 Å². The first-order valence-electron chi connectivity index (χ1n) is 10.0. The van der Waals surface area contributed by atoms with E-state index < -0.39 is 26.6 Å². The summed E-state index contributed by atoms with van der Waals surface area (Å²) in [5.74, 6) is -1.33. The average Bonchev–Trinajstić information content (AvgIpc) is 3.30. The molecule has 0 atom stereocenters. The zero-order chi connectivity index (χ0) is 22.4. The van der Waals surface area contributed by atoms with Gasteiger partial charge in [-0.3, -0.25) is 4.79 Å². The predicted molar refractivity (Wildman–Crippen MR) is 116 cm³/mol. The Morgan fingerprint density at radius 3 is 2.45 bits per heavy atom. The maximum absolute atomic E-state index is 14.2. The van der Waals surface area contributed by atoms with Gasteiger partial charge in [0.05, 0.1) is 5.69 Å². The molecule has 0 aliphatic rings. The Bertz CT molecular complexity index is 1130. The Kier molecular flexibility index (Phi) is 7.19. The van der Waals surface area contributed by atoms with Crippen molar-refractivity contribution in [3.63, 3.8) is 0 Å². The molecule has 164 valence electrons. The molecule has 1 heterocycles. The van der Waals surface area contributed by atoms with Gasteiger partial charge in [0.15, 0.2) is 0 Å². The van der Waals surface area contributed by atoms with E-state index in [0.717, 1.165) is 27.7 Å². The van der Waals surface area contributed by atoms with E-state index in [9.17, 15) is 17.6 Å². The SMILES string of the molecule is CCN(CC)S(=O)(=O)c1cc(C(=O)NCCc2ccc(-n3cccn3)cc2)ccc1F. The van der Waals surface area contributed by atoms with Crippen LogP contribution in [0.4, 0.5) is 4.39 Å². The van der Waals surface area contributed by atoms with Crippen LogP contribution in [0.1, 0.15) is 29.8 Å². The fourth-order valence-electron chi connectivity index (χ4n) is 3.20. The topological polar surface area (TPSA) is 84.3 Å². The summed E-state index contributed by atoms with van der Waals surface area (Å²) in [6.45, 7) is 4.14. The number of hydrogen-bond donors (Lipinski definition) is 1. The first kappa shape index (κ1) is 22.6. The molecule has 0 radical (unpaired) electrons. The monoisotopic (exact) mass is 444 g/mol. The van der Waals surface area contributed by atoms with E-state index in [2.05, 4.69) is 10.4 Å². The third-order valence-corrected chi connectivity index (χ3v) is 6.99. The highest BCUT2D eigenvalue weighted by Gasteiger charge is 2.26. The van der Waals surface area contributed by atoms with Crippen molar-refractivity contribution in [3.05, 3.63) is 77.9 Å². The predicted octanol–water partition coefficient (Wildman–Crippen LogP) is 3.01. The first-order chi connectivity index (χ1) is 14.9. The van der Waals surface area contributed by atoms with Crippen molar-refractivity contribution in [1.29, 1.82) is 0 Å². The fraction of sp³-hybridized carbons (Fsp3) is 0.273. The molecule has 3 aromatic rings. The summed E-state index contributed by atoms with van der Waals surface area (Å²) < 4.78 is 42.4. The van der Waals surface area contributed by atoms with Gasteiger partial charge in [0.1, 0.15) is 10.7 Å². The van der Waals surface area contributed by atoms with Crippen molar-refractivity contribution < 1.29 is 17.6 Å². The Hall–Kier alpha value is -3.04. The lowest BCUT2D eigenvalue weighted by molar-refractivity contribution is 0.0954. The Labute approximate surface area is 181 Å². The van der Waals surface area contributed by atoms with Crippen molar-refractivity contribution in [3.8, 4) is 5.69 Å². The number of carbonyl (C=O) groups is 1. The molecule has 2 aromatic carbocycles. The molecule has 31 heavy (non-hydrogen) atoms. The second-order valence-electron chi connectivity index (χ2n) is 6.86. The van der Waals surface area contributed by atoms with Crippen LogP contribution in [0.5, 0.6) is 0 Å². The van der Waals surface area contributed by atoms with E-state index in [-0.39, 0.29) is 18.7 Å². The third kappa shape index (κ3) is 5.18. The van der Waals surface area contributed by atoms with E-state index in [1.165, 1.54) is 6.07 Å². The normalized spacial score (nSPS) is 11.6. The van der Waals surface area contributed by atoms with Gasteiger partial charge in [-0.25, -0.2) is 17.5 Å². The van der Waals surface area contributed by atoms with Crippen molar-refractivity contribution in [2.24, 2.45) is 0 Å². The molecule has 1 N–H and O–H groups in total. The maximum atomic E-state index is 14.2. The molecular weight excluding hydrogens is 419 g/mol. The van der Waals surface area contributed by atoms with E-state index in [1.807, 2.05) is 36.5 Å². The van der Waals surface area contributed by atoms with Crippen LogP contribution in [0, 0.1) is 5.82 Å². The average molecular weight is 445 g/mol. The van der Waals surface area contributed by atoms with Gasteiger partial charge in [-0.1, -0.05) is 26.0 Å². The van der Waals surface area contributed by atoms with Gasteiger partial charge in [0, 0.05) is 37.6 Å². The van der Waals surface area contributed by atoms with E-state index in [4.69, 9.17) is 0 Å². The summed E-state index contributed by atoms with van der Waals surface area (Å²) in [5.41, 5.74) is 2.06. The lowest BCUT2D eigenvalue weighted by Gasteiger charge is -2.19. The molecule has 1 aromatic heterocycles. The molecule has 0 fully saturated rings. The Morgan fingerprint density at radius 2 is 1.84 bits per heavy atom. The van der Waals surface area contributed by atoms with Crippen molar-refractivity contribution in [1.82, 2.24) is 19.4 Å². The van der Waals surface area contributed by atoms with E-state index >= 15 is 0 Å². The molecule has 0 saturated carbocycles. The second-order valence-corrected chi connectivity index (χ2v) is 8.76. The van der Waals surface area contributed by atoms with E-state index in [0.29, 0.717) is 13.0 Å². The van der Waals surface area contributed by atoms with Crippen LogP contribution in [0.2, 0.25) is 0 Å². The highest BCUT2D eigenvalue weighted by Crippen LogP contribution is 2.21. The largest absolute Gasteiger partial charge is 0.352 e. The third-order valence-electron chi connectivity index (χ3n) is 4.92. The molecule has 9 heteroatoms. The number of halogens is 1. The summed E-state index contributed by atoms with van der Waals surface area (Å²) in [5, 5.41) is 6.93. The molecule has 0 aliphatic heterocycles. The summed E-state index contributed by atoms with van der Waals surface area (Å²) >= 11 is 0. The zero-order valence-corrected chi connectivity index (χ0v) is 18.3. The highest BCUT2D eigenvalue weighted by molar-refractivity contribution is 7.89. The van der Waals surface area contributed by atoms with Gasteiger partial charge in [-0.15, -0.1) is 0 Å². The van der Waals surface area contributed by atoms with Crippen LogP contribution in [0.3, 0.4) is 0 Å². The van der Waals surface area contributed by atoms with Crippen LogP contribution >= 0.6 is 0 Å². The first-order valence-corrected chi connectivity index (χ1v) is 11.5. The quantitative estimate of drug-likeness (QED) is 0.550. The van der Waals surface area contributed by atoms with Crippen LogP contribution in [0.25, 0.3) is 5.69 Å². The number of sulfonamides is 1. The van der Waals surface area contributed by atoms with Gasteiger partial charge in [0.25, 0.3) is 5.91 Å². The molecular formula is C22H25FN4O3S. The highest BCUT2D eigenvalue weighted by atomic mass is 32.2. The molecule has 0 saturated heterocycles. The molecule has 0 aliphatic carbocycles. The molecule has 0 bridgehead atoms. The minimum atomic E-state index is -4.00. The van der Waals surface area contributed by atoms with E-state index in [1.54, 1.807) is 24.7 Å². The lowest BCUT2D eigenvalue weighted by atomic mass is 10.1. The van der Waals surface area contributed by atoms with Crippen LogP contribution in [-0.4, -0.2) is 48.0 Å². The van der Waals surface area contributed by atoms with Crippen LogP contribution in [-0.2, 0) is 16.4 Å². The maximum Gasteiger partial charge on any atom is 0.251 e. The van der Waals surface area contributed by atoms with Crippen LogP contribution in [0.15, 0.2) is 65.8 Å². The number of hydrogen-bond acceptors (Lipinski definition) is 4. The van der Waals surface area contributed by atoms with Crippen molar-refractivity contribution in [2.75, 3.05) is 19.6 Å².